The predicted octanol–water partition coefficient (Wildman–Crippen LogP) is 1.23. The fourth-order valence-corrected chi connectivity index (χ4v) is 2.63. The van der Waals surface area contributed by atoms with Crippen LogP contribution in [-0.4, -0.2) is 36.0 Å². The highest BCUT2D eigenvalue weighted by Gasteiger charge is 2.26. The lowest BCUT2D eigenvalue weighted by Gasteiger charge is -2.35. The number of piperidine rings is 1. The predicted molar refractivity (Wildman–Crippen MR) is 87.8 cm³/mol. The SMILES string of the molecule is Cl.NCC1CCCCN1C(=O)c1ccc(CNC(N)=O)cc1. The number of primary amides is 1. The van der Waals surface area contributed by atoms with Crippen LogP contribution >= 0.6 is 12.4 Å². The van der Waals surface area contributed by atoms with E-state index in [1.807, 2.05) is 17.0 Å². The van der Waals surface area contributed by atoms with Crippen LogP contribution in [0.2, 0.25) is 0 Å². The molecule has 0 spiro atoms. The molecule has 7 heteroatoms. The minimum atomic E-state index is -0.561. The van der Waals surface area contributed by atoms with Crippen molar-refractivity contribution in [3.63, 3.8) is 0 Å². The van der Waals surface area contributed by atoms with Gasteiger partial charge in [-0.05, 0) is 37.0 Å². The van der Waals surface area contributed by atoms with Crippen molar-refractivity contribution < 1.29 is 9.59 Å². The molecule has 2 rings (SSSR count). The van der Waals surface area contributed by atoms with Crippen LogP contribution < -0.4 is 16.8 Å². The molecular formula is C15H23ClN4O2. The Bertz CT molecular complexity index is 507. The summed E-state index contributed by atoms with van der Waals surface area (Å²) in [5, 5.41) is 2.52. The highest BCUT2D eigenvalue weighted by atomic mass is 35.5. The summed E-state index contributed by atoms with van der Waals surface area (Å²) >= 11 is 0. The summed E-state index contributed by atoms with van der Waals surface area (Å²) in [4.78, 5) is 25.1. The molecule has 1 atom stereocenters. The number of carbonyl (C=O) groups is 2. The Morgan fingerprint density at radius 3 is 2.50 bits per heavy atom. The summed E-state index contributed by atoms with van der Waals surface area (Å²) in [6, 6.07) is 6.79. The van der Waals surface area contributed by atoms with E-state index in [1.54, 1.807) is 12.1 Å². The summed E-state index contributed by atoms with van der Waals surface area (Å²) < 4.78 is 0. The van der Waals surface area contributed by atoms with E-state index in [0.717, 1.165) is 31.4 Å². The molecule has 3 amide bonds. The number of nitrogens with zero attached hydrogens (tertiary/aromatic N) is 1. The minimum absolute atomic E-state index is 0. The molecular weight excluding hydrogens is 304 g/mol. The van der Waals surface area contributed by atoms with Crippen molar-refractivity contribution in [3.05, 3.63) is 35.4 Å². The van der Waals surface area contributed by atoms with E-state index in [0.29, 0.717) is 18.7 Å². The van der Waals surface area contributed by atoms with Gasteiger partial charge in [0.1, 0.15) is 0 Å². The van der Waals surface area contributed by atoms with Gasteiger partial charge in [0, 0.05) is 31.2 Å². The molecule has 1 saturated heterocycles. The summed E-state index contributed by atoms with van der Waals surface area (Å²) in [7, 11) is 0. The molecule has 1 aliphatic heterocycles. The fourth-order valence-electron chi connectivity index (χ4n) is 2.63. The van der Waals surface area contributed by atoms with Crippen LogP contribution in [0.3, 0.4) is 0 Å². The van der Waals surface area contributed by atoms with Crippen molar-refractivity contribution in [3.8, 4) is 0 Å². The van der Waals surface area contributed by atoms with Crippen molar-refractivity contribution in [2.75, 3.05) is 13.1 Å². The van der Waals surface area contributed by atoms with Gasteiger partial charge in [-0.15, -0.1) is 12.4 Å². The molecule has 22 heavy (non-hydrogen) atoms. The van der Waals surface area contributed by atoms with E-state index in [9.17, 15) is 9.59 Å². The van der Waals surface area contributed by atoms with Gasteiger partial charge in [0.2, 0.25) is 0 Å². The molecule has 0 aromatic heterocycles. The van der Waals surface area contributed by atoms with Gasteiger partial charge < -0.3 is 21.7 Å². The maximum absolute atomic E-state index is 12.5. The number of nitrogens with two attached hydrogens (primary N) is 2. The first-order valence-corrected chi connectivity index (χ1v) is 7.25. The van der Waals surface area contributed by atoms with Crippen molar-refractivity contribution >= 4 is 24.3 Å². The highest BCUT2D eigenvalue weighted by Crippen LogP contribution is 2.19. The van der Waals surface area contributed by atoms with E-state index in [2.05, 4.69) is 5.32 Å². The van der Waals surface area contributed by atoms with E-state index < -0.39 is 6.03 Å². The smallest absolute Gasteiger partial charge is 0.312 e. The van der Waals surface area contributed by atoms with E-state index >= 15 is 0 Å². The number of amides is 3. The van der Waals surface area contributed by atoms with Gasteiger partial charge in [0.05, 0.1) is 0 Å². The Morgan fingerprint density at radius 1 is 1.23 bits per heavy atom. The van der Waals surface area contributed by atoms with Crippen molar-refractivity contribution in [1.29, 1.82) is 0 Å². The molecule has 1 fully saturated rings. The molecule has 6 nitrogen and oxygen atoms in total. The summed E-state index contributed by atoms with van der Waals surface area (Å²) in [5.41, 5.74) is 12.3. The lowest BCUT2D eigenvalue weighted by Crippen LogP contribution is -2.47. The third-order valence-corrected chi connectivity index (χ3v) is 3.83. The Morgan fingerprint density at radius 2 is 1.91 bits per heavy atom. The zero-order valence-corrected chi connectivity index (χ0v) is 13.3. The molecule has 0 saturated carbocycles. The number of rotatable bonds is 4. The van der Waals surface area contributed by atoms with E-state index in [-0.39, 0.29) is 24.4 Å². The standard InChI is InChI=1S/C15H22N4O2.ClH/c16-9-13-3-1-2-8-19(13)14(20)12-6-4-11(5-7-12)10-18-15(17)21;/h4-7,13H,1-3,8-10,16H2,(H3,17,18,21);1H. The molecule has 1 heterocycles. The van der Waals surface area contributed by atoms with Gasteiger partial charge in [-0.2, -0.15) is 0 Å². The number of urea groups is 1. The van der Waals surface area contributed by atoms with Crippen LogP contribution in [0.4, 0.5) is 4.79 Å². The van der Waals surface area contributed by atoms with Crippen molar-refractivity contribution in [2.24, 2.45) is 11.5 Å². The first-order valence-electron chi connectivity index (χ1n) is 7.25. The van der Waals surface area contributed by atoms with Gasteiger partial charge in [-0.25, -0.2) is 4.79 Å². The summed E-state index contributed by atoms with van der Waals surface area (Å²) in [6.45, 7) is 1.64. The summed E-state index contributed by atoms with van der Waals surface area (Å²) in [6.07, 6.45) is 3.13. The normalized spacial score (nSPS) is 17.5. The van der Waals surface area contributed by atoms with Crippen LogP contribution in [0.25, 0.3) is 0 Å². The van der Waals surface area contributed by atoms with Gasteiger partial charge >= 0.3 is 6.03 Å². The topological polar surface area (TPSA) is 101 Å². The third-order valence-electron chi connectivity index (χ3n) is 3.83. The number of hydrogen-bond donors (Lipinski definition) is 3. The average Bonchev–Trinajstić information content (AvgIpc) is 2.52. The largest absolute Gasteiger partial charge is 0.352 e. The second-order valence-corrected chi connectivity index (χ2v) is 5.30. The number of nitrogens with one attached hydrogen (secondary N) is 1. The summed E-state index contributed by atoms with van der Waals surface area (Å²) in [5.74, 6) is 0.0274. The fraction of sp³-hybridized carbons (Fsp3) is 0.467. The van der Waals surface area contributed by atoms with Crippen molar-refractivity contribution in [1.82, 2.24) is 10.2 Å². The van der Waals surface area contributed by atoms with E-state index in [1.165, 1.54) is 0 Å². The Kier molecular flexibility index (Phi) is 7.14. The maximum atomic E-state index is 12.5. The molecule has 1 aliphatic rings. The van der Waals surface area contributed by atoms with E-state index in [4.69, 9.17) is 11.5 Å². The maximum Gasteiger partial charge on any atom is 0.312 e. The number of likely N-dealkylation sites (tertiary alicyclic amines) is 1. The molecule has 0 bridgehead atoms. The molecule has 1 aromatic rings. The van der Waals surface area contributed by atoms with Crippen LogP contribution in [0.15, 0.2) is 24.3 Å². The molecule has 1 unspecified atom stereocenters. The monoisotopic (exact) mass is 326 g/mol. The van der Waals surface area contributed by atoms with Crippen LogP contribution in [0.1, 0.15) is 35.2 Å². The minimum Gasteiger partial charge on any atom is -0.352 e. The van der Waals surface area contributed by atoms with Crippen LogP contribution in [0.5, 0.6) is 0 Å². The number of halogens is 1. The van der Waals surface area contributed by atoms with Gasteiger partial charge in [-0.1, -0.05) is 12.1 Å². The zero-order valence-electron chi connectivity index (χ0n) is 12.5. The first kappa shape index (κ1) is 18.3. The second-order valence-electron chi connectivity index (χ2n) is 5.30. The second kappa shape index (κ2) is 8.60. The quantitative estimate of drug-likeness (QED) is 0.775. The van der Waals surface area contributed by atoms with Crippen LogP contribution in [-0.2, 0) is 6.54 Å². The van der Waals surface area contributed by atoms with Crippen molar-refractivity contribution in [2.45, 2.75) is 31.8 Å². The van der Waals surface area contributed by atoms with Crippen LogP contribution in [0, 0.1) is 0 Å². The van der Waals surface area contributed by atoms with Gasteiger partial charge in [0.25, 0.3) is 5.91 Å². The molecule has 1 aromatic carbocycles. The molecule has 5 N–H and O–H groups in total. The van der Waals surface area contributed by atoms with Gasteiger partial charge in [0.15, 0.2) is 0 Å². The molecule has 0 aliphatic carbocycles. The third kappa shape index (κ3) is 4.61. The molecule has 122 valence electrons. The first-order chi connectivity index (χ1) is 10.1. The Labute approximate surface area is 136 Å². The average molecular weight is 327 g/mol. The lowest BCUT2D eigenvalue weighted by atomic mass is 10.0. The Hall–Kier alpha value is -1.79. The number of carbonyl (C=O) groups excluding carboxylic acids is 2. The zero-order chi connectivity index (χ0) is 15.2. The number of benzene rings is 1. The number of hydrogen-bond acceptors (Lipinski definition) is 3. The lowest BCUT2D eigenvalue weighted by molar-refractivity contribution is 0.0623. The van der Waals surface area contributed by atoms with Gasteiger partial charge in [-0.3, -0.25) is 4.79 Å². The highest BCUT2D eigenvalue weighted by molar-refractivity contribution is 5.94. The molecule has 0 radical (unpaired) electrons. The Balaban J connectivity index is 0.00000242.